The second-order valence-electron chi connectivity index (χ2n) is 5.97. The van der Waals surface area contributed by atoms with Gasteiger partial charge in [-0.15, -0.1) is 0 Å². The molecule has 0 aliphatic rings. The third-order valence-electron chi connectivity index (χ3n) is 4.00. The van der Waals surface area contributed by atoms with E-state index in [4.69, 9.17) is 18.6 Å². The number of benzene rings is 2. The maximum Gasteiger partial charge on any atom is 0.305 e. The predicted molar refractivity (Wildman–Crippen MR) is 112 cm³/mol. The minimum atomic E-state index is -0.616. The van der Waals surface area contributed by atoms with Crippen molar-refractivity contribution in [2.45, 2.75) is 6.61 Å². The highest BCUT2D eigenvalue weighted by atomic mass is 79.9. The van der Waals surface area contributed by atoms with Gasteiger partial charge < -0.3 is 18.6 Å². The van der Waals surface area contributed by atoms with E-state index in [1.54, 1.807) is 12.1 Å². The fourth-order valence-corrected chi connectivity index (χ4v) is 3.15. The van der Waals surface area contributed by atoms with Gasteiger partial charge in [0.05, 0.1) is 24.3 Å². The van der Waals surface area contributed by atoms with Crippen LogP contribution >= 0.6 is 15.9 Å². The summed E-state index contributed by atoms with van der Waals surface area (Å²) >= 11 is 3.32. The topological polar surface area (TPSA) is 99.0 Å². The number of halogens is 1. The van der Waals surface area contributed by atoms with Crippen molar-refractivity contribution < 1.29 is 28.2 Å². The maximum absolute atomic E-state index is 12.5. The molecular weight excluding hydrogens is 456 g/mol. The quantitative estimate of drug-likeness (QED) is 0.506. The van der Waals surface area contributed by atoms with Crippen LogP contribution in [0.2, 0.25) is 0 Å². The molecule has 0 aliphatic carbocycles. The number of para-hydroxylation sites is 1. The molecule has 3 aromatic rings. The Morgan fingerprint density at radius 1 is 0.933 bits per heavy atom. The second kappa shape index (κ2) is 9.84. The molecule has 2 amide bonds. The van der Waals surface area contributed by atoms with E-state index in [0.29, 0.717) is 27.5 Å². The molecule has 1 heterocycles. The van der Waals surface area contributed by atoms with E-state index in [1.807, 2.05) is 30.3 Å². The molecule has 0 spiro atoms. The molecular formula is C21H19BrN2O6. The smallest absolute Gasteiger partial charge is 0.305 e. The first-order valence-electron chi connectivity index (χ1n) is 8.80. The highest BCUT2D eigenvalue weighted by Crippen LogP contribution is 2.33. The van der Waals surface area contributed by atoms with E-state index in [2.05, 4.69) is 26.8 Å². The van der Waals surface area contributed by atoms with Crippen LogP contribution in [0.15, 0.2) is 63.5 Å². The van der Waals surface area contributed by atoms with Gasteiger partial charge in [-0.1, -0.05) is 18.2 Å². The van der Waals surface area contributed by atoms with Crippen molar-refractivity contribution in [3.8, 4) is 17.2 Å². The van der Waals surface area contributed by atoms with Crippen LogP contribution in [0, 0.1) is 0 Å². The number of rotatable bonds is 7. The summed E-state index contributed by atoms with van der Waals surface area (Å²) in [4.78, 5) is 24.8. The van der Waals surface area contributed by atoms with Crippen molar-refractivity contribution in [1.82, 2.24) is 10.9 Å². The number of amides is 2. The van der Waals surface area contributed by atoms with E-state index in [9.17, 15) is 9.59 Å². The van der Waals surface area contributed by atoms with E-state index in [0.717, 1.165) is 0 Å². The SMILES string of the molecule is COc1cc(Br)c(OC)c(C(=O)NNC(=O)c2ccc(COc3ccccc3)o2)c1. The van der Waals surface area contributed by atoms with Crippen molar-refractivity contribution in [3.05, 3.63) is 76.2 Å². The number of furan rings is 1. The Bertz CT molecular complexity index is 1040. The molecule has 3 rings (SSSR count). The summed E-state index contributed by atoms with van der Waals surface area (Å²) in [5.74, 6) is 0.739. The summed E-state index contributed by atoms with van der Waals surface area (Å²) in [5.41, 5.74) is 4.82. The lowest BCUT2D eigenvalue weighted by Crippen LogP contribution is -2.41. The summed E-state index contributed by atoms with van der Waals surface area (Å²) < 4.78 is 22.0. The van der Waals surface area contributed by atoms with Crippen LogP contribution in [0.1, 0.15) is 26.7 Å². The van der Waals surface area contributed by atoms with Crippen LogP contribution in [0.4, 0.5) is 0 Å². The molecule has 0 saturated heterocycles. The zero-order valence-electron chi connectivity index (χ0n) is 16.2. The van der Waals surface area contributed by atoms with Crippen molar-refractivity contribution in [2.24, 2.45) is 0 Å². The van der Waals surface area contributed by atoms with Crippen molar-refractivity contribution in [1.29, 1.82) is 0 Å². The van der Waals surface area contributed by atoms with Gasteiger partial charge in [0.2, 0.25) is 0 Å². The Morgan fingerprint density at radius 3 is 2.37 bits per heavy atom. The molecule has 2 aromatic carbocycles. The molecule has 0 unspecified atom stereocenters. The van der Waals surface area contributed by atoms with E-state index < -0.39 is 11.8 Å². The minimum Gasteiger partial charge on any atom is -0.497 e. The summed E-state index contributed by atoms with van der Waals surface area (Å²) in [6, 6.07) is 15.5. The highest BCUT2D eigenvalue weighted by Gasteiger charge is 2.19. The number of hydrogen-bond acceptors (Lipinski definition) is 6. The maximum atomic E-state index is 12.5. The molecule has 0 fully saturated rings. The molecule has 0 atom stereocenters. The van der Waals surface area contributed by atoms with Gasteiger partial charge in [-0.25, -0.2) is 0 Å². The zero-order chi connectivity index (χ0) is 21.5. The summed E-state index contributed by atoms with van der Waals surface area (Å²) in [6.45, 7) is 0.165. The lowest BCUT2D eigenvalue weighted by atomic mass is 10.2. The lowest BCUT2D eigenvalue weighted by Gasteiger charge is -2.13. The predicted octanol–water partition coefficient (Wildman–Crippen LogP) is 3.71. The average molecular weight is 475 g/mol. The molecule has 0 bridgehead atoms. The number of ether oxygens (including phenoxy) is 3. The number of methoxy groups -OCH3 is 2. The second-order valence-corrected chi connectivity index (χ2v) is 6.82. The fourth-order valence-electron chi connectivity index (χ4n) is 2.55. The van der Waals surface area contributed by atoms with Gasteiger partial charge >= 0.3 is 5.91 Å². The van der Waals surface area contributed by atoms with Crippen LogP contribution in [0.3, 0.4) is 0 Å². The standard InChI is InChI=1S/C21H19BrN2O6/c1-27-15-10-16(19(28-2)17(22)11-15)20(25)23-24-21(26)18-9-8-14(30-18)12-29-13-6-4-3-5-7-13/h3-11H,12H2,1-2H3,(H,23,25)(H,24,26). The van der Waals surface area contributed by atoms with Crippen molar-refractivity contribution in [3.63, 3.8) is 0 Å². The molecule has 156 valence electrons. The Kier molecular flexibility index (Phi) is 6.97. The molecule has 0 aliphatic heterocycles. The van der Waals surface area contributed by atoms with Crippen LogP contribution in [-0.2, 0) is 6.61 Å². The third-order valence-corrected chi connectivity index (χ3v) is 4.59. The number of hydrogen-bond donors (Lipinski definition) is 2. The number of hydrazine groups is 1. The van der Waals surface area contributed by atoms with Crippen LogP contribution < -0.4 is 25.1 Å². The van der Waals surface area contributed by atoms with Crippen LogP contribution in [0.25, 0.3) is 0 Å². The summed E-state index contributed by atoms with van der Waals surface area (Å²) in [7, 11) is 2.91. The molecule has 2 N–H and O–H groups in total. The lowest BCUT2D eigenvalue weighted by molar-refractivity contribution is 0.0826. The first kappa shape index (κ1) is 21.3. The number of carbonyl (C=O) groups is 2. The highest BCUT2D eigenvalue weighted by molar-refractivity contribution is 9.10. The molecule has 8 nitrogen and oxygen atoms in total. The molecule has 1 aromatic heterocycles. The molecule has 0 radical (unpaired) electrons. The Balaban J connectivity index is 1.60. The van der Waals surface area contributed by atoms with E-state index in [-0.39, 0.29) is 17.9 Å². The van der Waals surface area contributed by atoms with Crippen molar-refractivity contribution in [2.75, 3.05) is 14.2 Å². The zero-order valence-corrected chi connectivity index (χ0v) is 17.8. The fraction of sp³-hybridized carbons (Fsp3) is 0.143. The van der Waals surface area contributed by atoms with Gasteiger partial charge in [0.1, 0.15) is 29.6 Å². The Hall–Kier alpha value is -3.46. The normalized spacial score (nSPS) is 10.2. The third kappa shape index (κ3) is 5.12. The average Bonchev–Trinajstić information content (AvgIpc) is 3.25. The summed E-state index contributed by atoms with van der Waals surface area (Å²) in [6.07, 6.45) is 0. The van der Waals surface area contributed by atoms with E-state index >= 15 is 0 Å². The largest absolute Gasteiger partial charge is 0.497 e. The Morgan fingerprint density at radius 2 is 1.67 bits per heavy atom. The van der Waals surface area contributed by atoms with Gasteiger partial charge in [0.25, 0.3) is 5.91 Å². The monoisotopic (exact) mass is 474 g/mol. The van der Waals surface area contributed by atoms with Gasteiger partial charge in [-0.2, -0.15) is 0 Å². The van der Waals surface area contributed by atoms with Crippen LogP contribution in [-0.4, -0.2) is 26.0 Å². The van der Waals surface area contributed by atoms with Crippen molar-refractivity contribution >= 4 is 27.7 Å². The van der Waals surface area contributed by atoms with Gasteiger partial charge in [-0.05, 0) is 52.3 Å². The first-order valence-corrected chi connectivity index (χ1v) is 9.60. The Labute approximate surface area is 181 Å². The number of carbonyl (C=O) groups excluding carboxylic acids is 2. The number of nitrogens with one attached hydrogen (secondary N) is 2. The van der Waals surface area contributed by atoms with Gasteiger partial charge in [-0.3, -0.25) is 20.4 Å². The summed E-state index contributed by atoms with van der Waals surface area (Å²) in [5, 5.41) is 0. The van der Waals surface area contributed by atoms with Gasteiger partial charge in [0, 0.05) is 0 Å². The van der Waals surface area contributed by atoms with E-state index in [1.165, 1.54) is 26.4 Å². The minimum absolute atomic E-state index is 0.0285. The van der Waals surface area contributed by atoms with Gasteiger partial charge in [0.15, 0.2) is 5.76 Å². The van der Waals surface area contributed by atoms with Crippen LogP contribution in [0.5, 0.6) is 17.2 Å². The molecule has 9 heteroatoms. The molecule has 30 heavy (non-hydrogen) atoms. The first-order chi connectivity index (χ1) is 14.5. The molecule has 0 saturated carbocycles.